The molecule has 2 N–H and O–H groups in total. The Hall–Kier alpha value is -2.66. The second kappa shape index (κ2) is 8.10. The first-order valence-electron chi connectivity index (χ1n) is 7.31. The monoisotopic (exact) mass is 312 g/mol. The van der Waals surface area contributed by atoms with Crippen molar-refractivity contribution >= 4 is 12.2 Å². The topological polar surface area (TPSA) is 67.4 Å². The predicted molar refractivity (Wildman–Crippen MR) is 88.8 cm³/mol. The molecule has 0 heterocycles. The van der Waals surface area contributed by atoms with Crippen LogP contribution in [0.3, 0.4) is 0 Å². The normalized spacial score (nSPS) is 10.2. The van der Waals surface area contributed by atoms with Gasteiger partial charge in [0.05, 0.1) is 7.11 Å². The van der Waals surface area contributed by atoms with E-state index in [2.05, 4.69) is 10.6 Å². The van der Waals surface area contributed by atoms with Crippen molar-refractivity contribution in [1.29, 1.82) is 0 Å². The number of carbonyl (C=O) groups excluding carboxylic acids is 2. The smallest absolute Gasteiger partial charge is 0.251 e. The van der Waals surface area contributed by atoms with Gasteiger partial charge in [-0.1, -0.05) is 24.3 Å². The minimum Gasteiger partial charge on any atom is -0.497 e. The Morgan fingerprint density at radius 2 is 1.74 bits per heavy atom. The summed E-state index contributed by atoms with van der Waals surface area (Å²) in [5.41, 5.74) is 3.01. The summed E-state index contributed by atoms with van der Waals surface area (Å²) in [7, 11) is 3.40. The lowest BCUT2D eigenvalue weighted by Gasteiger charge is -2.08. The second-order valence-corrected chi connectivity index (χ2v) is 5.14. The van der Waals surface area contributed by atoms with Crippen LogP contribution in [0, 0.1) is 0 Å². The minimum atomic E-state index is -0.244. The van der Waals surface area contributed by atoms with Crippen molar-refractivity contribution in [2.45, 2.75) is 13.1 Å². The first-order chi connectivity index (χ1) is 11.2. The number of aldehydes is 1. The van der Waals surface area contributed by atoms with Crippen molar-refractivity contribution in [3.8, 4) is 5.75 Å². The summed E-state index contributed by atoms with van der Waals surface area (Å²) in [6.45, 7) is 1.23. The van der Waals surface area contributed by atoms with E-state index in [4.69, 9.17) is 4.74 Å². The van der Waals surface area contributed by atoms with Crippen LogP contribution in [-0.4, -0.2) is 26.4 Å². The molecule has 2 rings (SSSR count). The molecular weight excluding hydrogens is 292 g/mol. The Morgan fingerprint density at radius 1 is 1.09 bits per heavy atom. The summed E-state index contributed by atoms with van der Waals surface area (Å²) in [6, 6.07) is 12.7. The third-order valence-electron chi connectivity index (χ3n) is 3.42. The summed E-state index contributed by atoms with van der Waals surface area (Å²) < 4.78 is 5.10. The molecule has 0 fully saturated rings. The lowest BCUT2D eigenvalue weighted by Crippen LogP contribution is -2.23. The first-order valence-corrected chi connectivity index (χ1v) is 7.31. The van der Waals surface area contributed by atoms with Gasteiger partial charge in [0.2, 0.25) is 0 Å². The van der Waals surface area contributed by atoms with Crippen LogP contribution < -0.4 is 15.4 Å². The molecular formula is C18H20N2O3. The Balaban J connectivity index is 2.03. The highest BCUT2D eigenvalue weighted by Gasteiger charge is 2.09. The molecule has 0 saturated carbocycles. The van der Waals surface area contributed by atoms with E-state index >= 15 is 0 Å². The standard InChI is InChI=1S/C18H20N2O3/c1-19-10-13-3-5-14(6-4-13)11-20-18(22)16-7-15(12-21)8-17(9-16)23-2/h3-9,12,19H,10-11H2,1-2H3,(H,20,22). The third-order valence-corrected chi connectivity index (χ3v) is 3.42. The summed E-state index contributed by atoms with van der Waals surface area (Å²) >= 11 is 0. The summed E-state index contributed by atoms with van der Waals surface area (Å²) in [4.78, 5) is 23.2. The van der Waals surface area contributed by atoms with E-state index in [1.165, 1.54) is 12.7 Å². The quantitative estimate of drug-likeness (QED) is 0.769. The maximum Gasteiger partial charge on any atom is 0.251 e. The Morgan fingerprint density at radius 3 is 2.30 bits per heavy atom. The molecule has 0 unspecified atom stereocenters. The number of methoxy groups -OCH3 is 1. The van der Waals surface area contributed by atoms with Gasteiger partial charge in [0.1, 0.15) is 12.0 Å². The van der Waals surface area contributed by atoms with E-state index in [0.717, 1.165) is 12.1 Å². The molecule has 0 atom stereocenters. The van der Waals surface area contributed by atoms with Gasteiger partial charge in [-0.15, -0.1) is 0 Å². The zero-order valence-electron chi connectivity index (χ0n) is 13.3. The molecule has 2 aromatic carbocycles. The van der Waals surface area contributed by atoms with Gasteiger partial charge >= 0.3 is 0 Å². The minimum absolute atomic E-state index is 0.244. The fraction of sp³-hybridized carbons (Fsp3) is 0.222. The molecule has 0 aliphatic heterocycles. The molecule has 0 aliphatic rings. The van der Waals surface area contributed by atoms with Crippen molar-refractivity contribution in [1.82, 2.24) is 10.6 Å². The number of benzene rings is 2. The van der Waals surface area contributed by atoms with Gasteiger partial charge in [-0.05, 0) is 36.4 Å². The average Bonchev–Trinajstić information content (AvgIpc) is 2.60. The molecule has 0 spiro atoms. The van der Waals surface area contributed by atoms with Crippen molar-refractivity contribution in [2.75, 3.05) is 14.2 Å². The van der Waals surface area contributed by atoms with E-state index in [1.807, 2.05) is 31.3 Å². The maximum atomic E-state index is 12.2. The van der Waals surface area contributed by atoms with Gasteiger partial charge in [0.15, 0.2) is 0 Å². The van der Waals surface area contributed by atoms with Crippen LogP contribution in [0.1, 0.15) is 31.8 Å². The van der Waals surface area contributed by atoms with E-state index in [-0.39, 0.29) is 5.91 Å². The van der Waals surface area contributed by atoms with Crippen LogP contribution in [0.2, 0.25) is 0 Å². The largest absolute Gasteiger partial charge is 0.497 e. The van der Waals surface area contributed by atoms with Gasteiger partial charge in [-0.25, -0.2) is 0 Å². The molecule has 0 radical (unpaired) electrons. The van der Waals surface area contributed by atoms with E-state index < -0.39 is 0 Å². The van der Waals surface area contributed by atoms with Crippen LogP contribution in [0.25, 0.3) is 0 Å². The summed E-state index contributed by atoms with van der Waals surface area (Å²) in [5.74, 6) is 0.238. The van der Waals surface area contributed by atoms with Crippen molar-refractivity contribution in [2.24, 2.45) is 0 Å². The lowest BCUT2D eigenvalue weighted by molar-refractivity contribution is 0.0950. The molecule has 0 saturated heterocycles. The van der Waals surface area contributed by atoms with E-state index in [0.29, 0.717) is 29.7 Å². The third kappa shape index (κ3) is 4.66. The number of nitrogens with one attached hydrogen (secondary N) is 2. The predicted octanol–water partition coefficient (Wildman–Crippen LogP) is 2.16. The molecule has 1 amide bonds. The van der Waals surface area contributed by atoms with Crippen molar-refractivity contribution in [3.63, 3.8) is 0 Å². The molecule has 0 bridgehead atoms. The molecule has 23 heavy (non-hydrogen) atoms. The number of rotatable bonds is 7. The van der Waals surface area contributed by atoms with Gasteiger partial charge in [0, 0.05) is 24.2 Å². The average molecular weight is 312 g/mol. The molecule has 0 aliphatic carbocycles. The first kappa shape index (κ1) is 16.7. The van der Waals surface area contributed by atoms with Crippen LogP contribution in [-0.2, 0) is 13.1 Å². The highest BCUT2D eigenvalue weighted by atomic mass is 16.5. The fourth-order valence-corrected chi connectivity index (χ4v) is 2.20. The maximum absolute atomic E-state index is 12.2. The molecule has 5 heteroatoms. The lowest BCUT2D eigenvalue weighted by atomic mass is 10.1. The number of ether oxygens (including phenoxy) is 1. The molecule has 0 aromatic heterocycles. The van der Waals surface area contributed by atoms with Crippen LogP contribution in [0.15, 0.2) is 42.5 Å². The Labute approximate surface area is 135 Å². The summed E-state index contributed by atoms with van der Waals surface area (Å²) in [5, 5.41) is 5.93. The Bertz CT molecular complexity index is 681. The van der Waals surface area contributed by atoms with Crippen LogP contribution in [0.5, 0.6) is 5.75 Å². The van der Waals surface area contributed by atoms with E-state index in [1.54, 1.807) is 18.2 Å². The molecule has 2 aromatic rings. The number of hydrogen-bond donors (Lipinski definition) is 2. The van der Waals surface area contributed by atoms with Gasteiger partial charge in [0.25, 0.3) is 5.91 Å². The van der Waals surface area contributed by atoms with Crippen molar-refractivity contribution < 1.29 is 14.3 Å². The number of amides is 1. The van der Waals surface area contributed by atoms with Gasteiger partial charge in [-0.2, -0.15) is 0 Å². The van der Waals surface area contributed by atoms with Crippen LogP contribution in [0.4, 0.5) is 0 Å². The molecule has 5 nitrogen and oxygen atoms in total. The van der Waals surface area contributed by atoms with Gasteiger partial charge < -0.3 is 15.4 Å². The number of hydrogen-bond acceptors (Lipinski definition) is 4. The highest BCUT2D eigenvalue weighted by molar-refractivity contribution is 5.96. The van der Waals surface area contributed by atoms with E-state index in [9.17, 15) is 9.59 Å². The SMILES string of the molecule is CNCc1ccc(CNC(=O)c2cc(C=O)cc(OC)c2)cc1. The van der Waals surface area contributed by atoms with Crippen LogP contribution >= 0.6 is 0 Å². The van der Waals surface area contributed by atoms with Gasteiger partial charge in [-0.3, -0.25) is 9.59 Å². The highest BCUT2D eigenvalue weighted by Crippen LogP contribution is 2.16. The zero-order valence-corrected chi connectivity index (χ0v) is 13.3. The Kier molecular flexibility index (Phi) is 5.88. The van der Waals surface area contributed by atoms with Crippen molar-refractivity contribution in [3.05, 3.63) is 64.7 Å². The fourth-order valence-electron chi connectivity index (χ4n) is 2.20. The number of carbonyl (C=O) groups is 2. The second-order valence-electron chi connectivity index (χ2n) is 5.14. The summed E-state index contributed by atoms with van der Waals surface area (Å²) in [6.07, 6.45) is 0.694. The molecule has 120 valence electrons. The zero-order chi connectivity index (χ0) is 16.7.